The molecule has 3 N–H and O–H groups in total. The summed E-state index contributed by atoms with van der Waals surface area (Å²) in [5, 5.41) is 2.76. The Balaban J connectivity index is 2.26. The van der Waals surface area contributed by atoms with Gasteiger partial charge in [-0.1, -0.05) is 23.7 Å². The SMILES string of the molecule is CC(C)(C)N1NC=C(c2cccc(Cl)c2)C1N. The lowest BCUT2D eigenvalue weighted by atomic mass is 10.0. The van der Waals surface area contributed by atoms with E-state index in [2.05, 4.69) is 26.2 Å². The highest BCUT2D eigenvalue weighted by molar-refractivity contribution is 6.30. The lowest BCUT2D eigenvalue weighted by Gasteiger charge is -2.35. The van der Waals surface area contributed by atoms with Crippen molar-refractivity contribution in [1.29, 1.82) is 0 Å². The van der Waals surface area contributed by atoms with Gasteiger partial charge in [0.2, 0.25) is 0 Å². The van der Waals surface area contributed by atoms with Gasteiger partial charge in [-0.05, 0) is 38.5 Å². The average Bonchev–Trinajstić information content (AvgIpc) is 2.59. The minimum atomic E-state index is -0.159. The maximum atomic E-state index is 6.24. The average molecular weight is 252 g/mol. The van der Waals surface area contributed by atoms with E-state index < -0.39 is 0 Å². The molecular formula is C13H18ClN3. The van der Waals surface area contributed by atoms with Crippen LogP contribution in [-0.4, -0.2) is 16.7 Å². The van der Waals surface area contributed by atoms with Gasteiger partial charge in [-0.2, -0.15) is 5.01 Å². The molecule has 0 aliphatic carbocycles. The summed E-state index contributed by atoms with van der Waals surface area (Å²) in [7, 11) is 0. The van der Waals surface area contributed by atoms with Gasteiger partial charge in [-0.3, -0.25) is 0 Å². The Morgan fingerprint density at radius 2 is 2.06 bits per heavy atom. The lowest BCUT2D eigenvalue weighted by molar-refractivity contribution is 0.0831. The minimum Gasteiger partial charge on any atom is -0.323 e. The summed E-state index contributed by atoms with van der Waals surface area (Å²) >= 11 is 6.00. The Morgan fingerprint density at radius 1 is 1.35 bits per heavy atom. The van der Waals surface area contributed by atoms with Gasteiger partial charge in [0.25, 0.3) is 0 Å². The Labute approximate surface area is 107 Å². The van der Waals surface area contributed by atoms with Crippen LogP contribution < -0.4 is 11.2 Å². The molecule has 1 aromatic rings. The van der Waals surface area contributed by atoms with Crippen molar-refractivity contribution in [2.45, 2.75) is 32.5 Å². The van der Waals surface area contributed by atoms with Gasteiger partial charge in [-0.15, -0.1) is 0 Å². The number of hydrogen-bond donors (Lipinski definition) is 2. The second-order valence-electron chi connectivity index (χ2n) is 5.22. The van der Waals surface area contributed by atoms with E-state index >= 15 is 0 Å². The normalized spacial score (nSPS) is 21.2. The van der Waals surface area contributed by atoms with E-state index in [9.17, 15) is 0 Å². The van der Waals surface area contributed by atoms with Gasteiger partial charge in [0.05, 0.1) is 0 Å². The van der Waals surface area contributed by atoms with Crippen molar-refractivity contribution in [2.75, 3.05) is 0 Å². The Kier molecular flexibility index (Phi) is 3.17. The van der Waals surface area contributed by atoms with Gasteiger partial charge in [0, 0.05) is 22.3 Å². The van der Waals surface area contributed by atoms with Gasteiger partial charge < -0.3 is 11.2 Å². The quantitative estimate of drug-likeness (QED) is 0.806. The molecule has 0 spiro atoms. The van der Waals surface area contributed by atoms with E-state index in [4.69, 9.17) is 17.3 Å². The smallest absolute Gasteiger partial charge is 0.104 e. The van der Waals surface area contributed by atoms with Crippen LogP contribution in [-0.2, 0) is 0 Å². The van der Waals surface area contributed by atoms with Crippen molar-refractivity contribution in [3.63, 3.8) is 0 Å². The van der Waals surface area contributed by atoms with Crippen LogP contribution in [0.25, 0.3) is 5.57 Å². The van der Waals surface area contributed by atoms with E-state index in [1.807, 2.05) is 35.5 Å². The van der Waals surface area contributed by atoms with Gasteiger partial charge in [0.1, 0.15) is 6.17 Å². The standard InChI is InChI=1S/C13H18ClN3/c1-13(2,3)17-12(15)11(8-16-17)9-5-4-6-10(14)7-9/h4-8,12,16H,15H2,1-3H3. The first-order valence-corrected chi connectivity index (χ1v) is 6.04. The van der Waals surface area contributed by atoms with Gasteiger partial charge in [0.15, 0.2) is 0 Å². The summed E-state index contributed by atoms with van der Waals surface area (Å²) in [5.74, 6) is 0. The van der Waals surface area contributed by atoms with Crippen LogP contribution >= 0.6 is 11.6 Å². The van der Waals surface area contributed by atoms with Crippen molar-refractivity contribution < 1.29 is 0 Å². The molecule has 0 amide bonds. The third-order valence-electron chi connectivity index (χ3n) is 2.84. The Bertz CT molecular complexity index is 448. The van der Waals surface area contributed by atoms with Gasteiger partial charge in [-0.25, -0.2) is 0 Å². The molecule has 1 aromatic carbocycles. The van der Waals surface area contributed by atoms with E-state index in [1.165, 1.54) is 0 Å². The molecule has 0 saturated heterocycles. The number of hydrazine groups is 1. The van der Waals surface area contributed by atoms with E-state index in [-0.39, 0.29) is 11.7 Å². The first kappa shape index (κ1) is 12.4. The summed E-state index contributed by atoms with van der Waals surface area (Å²) in [4.78, 5) is 0. The van der Waals surface area contributed by atoms with E-state index in [0.717, 1.165) is 16.2 Å². The number of benzene rings is 1. The zero-order valence-corrected chi connectivity index (χ0v) is 11.1. The Hall–Kier alpha value is -1.03. The van der Waals surface area contributed by atoms with Crippen molar-refractivity contribution in [3.05, 3.63) is 41.1 Å². The molecule has 1 aliphatic heterocycles. The van der Waals surface area contributed by atoms with E-state index in [0.29, 0.717) is 0 Å². The van der Waals surface area contributed by atoms with Crippen molar-refractivity contribution >= 4 is 17.2 Å². The second kappa shape index (κ2) is 4.33. The number of nitrogens with zero attached hydrogens (tertiary/aromatic N) is 1. The molecule has 1 atom stereocenters. The Morgan fingerprint density at radius 3 is 2.59 bits per heavy atom. The number of rotatable bonds is 1. The molecule has 1 unspecified atom stereocenters. The zero-order chi connectivity index (χ0) is 12.6. The number of nitrogens with two attached hydrogens (primary N) is 1. The highest BCUT2D eigenvalue weighted by Crippen LogP contribution is 2.28. The molecule has 0 aromatic heterocycles. The second-order valence-corrected chi connectivity index (χ2v) is 5.66. The molecule has 4 heteroatoms. The molecule has 0 radical (unpaired) electrons. The molecule has 0 bridgehead atoms. The van der Waals surface area contributed by atoms with Crippen LogP contribution in [0.1, 0.15) is 26.3 Å². The summed E-state index contributed by atoms with van der Waals surface area (Å²) < 4.78 is 0. The molecule has 17 heavy (non-hydrogen) atoms. The predicted molar refractivity (Wildman–Crippen MR) is 72.1 cm³/mol. The molecule has 3 nitrogen and oxygen atoms in total. The summed E-state index contributed by atoms with van der Waals surface area (Å²) in [6.45, 7) is 6.36. The van der Waals surface area contributed by atoms with Crippen molar-refractivity contribution in [3.8, 4) is 0 Å². The van der Waals surface area contributed by atoms with E-state index in [1.54, 1.807) is 0 Å². The third-order valence-corrected chi connectivity index (χ3v) is 3.07. The molecule has 1 aliphatic rings. The van der Waals surface area contributed by atoms with Crippen LogP contribution in [0.3, 0.4) is 0 Å². The molecule has 0 saturated carbocycles. The first-order chi connectivity index (χ1) is 7.89. The van der Waals surface area contributed by atoms with Crippen LogP contribution in [0, 0.1) is 0 Å². The maximum absolute atomic E-state index is 6.24. The number of nitrogens with one attached hydrogen (secondary N) is 1. The van der Waals surface area contributed by atoms with Crippen LogP contribution in [0.15, 0.2) is 30.5 Å². The first-order valence-electron chi connectivity index (χ1n) is 5.67. The minimum absolute atomic E-state index is 0.0315. The number of hydrogen-bond acceptors (Lipinski definition) is 3. The zero-order valence-electron chi connectivity index (χ0n) is 10.4. The molecule has 2 rings (SSSR count). The van der Waals surface area contributed by atoms with Crippen LogP contribution in [0.2, 0.25) is 5.02 Å². The van der Waals surface area contributed by atoms with Crippen molar-refractivity contribution in [1.82, 2.24) is 10.4 Å². The van der Waals surface area contributed by atoms with Crippen LogP contribution in [0.5, 0.6) is 0 Å². The molecule has 1 heterocycles. The fourth-order valence-corrected chi connectivity index (χ4v) is 2.17. The summed E-state index contributed by atoms with van der Waals surface area (Å²) in [6.07, 6.45) is 1.79. The fourth-order valence-electron chi connectivity index (χ4n) is 1.98. The summed E-state index contributed by atoms with van der Waals surface area (Å²) in [6, 6.07) is 7.75. The maximum Gasteiger partial charge on any atom is 0.104 e. The molecule has 0 fully saturated rings. The highest BCUT2D eigenvalue weighted by atomic mass is 35.5. The fraction of sp³-hybridized carbons (Fsp3) is 0.385. The summed E-state index contributed by atoms with van der Waals surface area (Å²) in [5.41, 5.74) is 11.5. The number of halogens is 1. The van der Waals surface area contributed by atoms with Crippen molar-refractivity contribution in [2.24, 2.45) is 5.73 Å². The van der Waals surface area contributed by atoms with Crippen LogP contribution in [0.4, 0.5) is 0 Å². The monoisotopic (exact) mass is 251 g/mol. The lowest BCUT2D eigenvalue weighted by Crippen LogP contribution is -2.54. The topological polar surface area (TPSA) is 41.3 Å². The molecular weight excluding hydrogens is 234 g/mol. The molecule has 92 valence electrons. The highest BCUT2D eigenvalue weighted by Gasteiger charge is 2.32. The largest absolute Gasteiger partial charge is 0.323 e. The predicted octanol–water partition coefficient (Wildman–Crippen LogP) is 2.58. The van der Waals surface area contributed by atoms with Gasteiger partial charge >= 0.3 is 0 Å². The third kappa shape index (κ3) is 2.46.